The van der Waals surface area contributed by atoms with Crippen molar-refractivity contribution in [1.82, 2.24) is 20.9 Å². The predicted molar refractivity (Wildman–Crippen MR) is 94.9 cm³/mol. The SMILES string of the molecule is O=C(CCCNC(=O)c1ccc(F)cc1)NCCCN1CCNCC1. The lowest BCUT2D eigenvalue weighted by Gasteiger charge is -2.27. The van der Waals surface area contributed by atoms with E-state index in [9.17, 15) is 14.0 Å². The molecular weight excluding hydrogens is 323 g/mol. The van der Waals surface area contributed by atoms with Gasteiger partial charge >= 0.3 is 0 Å². The van der Waals surface area contributed by atoms with Crippen molar-refractivity contribution in [1.29, 1.82) is 0 Å². The van der Waals surface area contributed by atoms with Gasteiger partial charge in [0.25, 0.3) is 5.91 Å². The van der Waals surface area contributed by atoms with Gasteiger partial charge in [0, 0.05) is 51.3 Å². The molecule has 3 N–H and O–H groups in total. The molecule has 0 spiro atoms. The molecule has 138 valence electrons. The summed E-state index contributed by atoms with van der Waals surface area (Å²) < 4.78 is 12.8. The summed E-state index contributed by atoms with van der Waals surface area (Å²) in [7, 11) is 0. The van der Waals surface area contributed by atoms with Gasteiger partial charge in [-0.2, -0.15) is 0 Å². The predicted octanol–water partition coefficient (Wildman–Crippen LogP) is 0.747. The summed E-state index contributed by atoms with van der Waals surface area (Å²) in [5, 5.41) is 8.96. The number of nitrogens with one attached hydrogen (secondary N) is 3. The molecule has 1 fully saturated rings. The van der Waals surface area contributed by atoms with E-state index in [1.54, 1.807) is 0 Å². The standard InChI is InChI=1S/C18H27FN4O2/c19-16-6-4-15(5-7-16)18(25)22-8-1-3-17(24)21-9-2-12-23-13-10-20-11-14-23/h4-7,20H,1-3,8-14H2,(H,21,24)(H,22,25). The van der Waals surface area contributed by atoms with Gasteiger partial charge in [0.2, 0.25) is 5.91 Å². The summed E-state index contributed by atoms with van der Waals surface area (Å²) in [6, 6.07) is 5.39. The molecule has 2 amide bonds. The number of carbonyl (C=O) groups excluding carboxylic acids is 2. The molecule has 1 aliphatic heterocycles. The Balaban J connectivity index is 1.49. The third kappa shape index (κ3) is 7.62. The molecule has 1 aromatic rings. The Morgan fingerprint density at radius 2 is 1.72 bits per heavy atom. The van der Waals surface area contributed by atoms with Gasteiger partial charge in [0.1, 0.15) is 5.82 Å². The molecule has 0 radical (unpaired) electrons. The number of piperazine rings is 1. The molecule has 0 saturated carbocycles. The highest BCUT2D eigenvalue weighted by Crippen LogP contribution is 2.02. The lowest BCUT2D eigenvalue weighted by atomic mass is 10.2. The Labute approximate surface area is 148 Å². The fourth-order valence-electron chi connectivity index (χ4n) is 2.71. The van der Waals surface area contributed by atoms with Crippen molar-refractivity contribution < 1.29 is 14.0 Å². The molecule has 0 bridgehead atoms. The van der Waals surface area contributed by atoms with Crippen molar-refractivity contribution in [3.8, 4) is 0 Å². The average molecular weight is 350 g/mol. The van der Waals surface area contributed by atoms with Gasteiger partial charge < -0.3 is 20.9 Å². The summed E-state index contributed by atoms with van der Waals surface area (Å²) in [5.41, 5.74) is 0.416. The van der Waals surface area contributed by atoms with Crippen LogP contribution in [-0.4, -0.2) is 62.5 Å². The van der Waals surface area contributed by atoms with Crippen LogP contribution in [0.3, 0.4) is 0 Å². The highest BCUT2D eigenvalue weighted by Gasteiger charge is 2.09. The first-order valence-electron chi connectivity index (χ1n) is 8.89. The average Bonchev–Trinajstić information content (AvgIpc) is 2.63. The monoisotopic (exact) mass is 350 g/mol. The smallest absolute Gasteiger partial charge is 0.251 e. The van der Waals surface area contributed by atoms with Crippen LogP contribution in [0.15, 0.2) is 24.3 Å². The fourth-order valence-corrected chi connectivity index (χ4v) is 2.71. The van der Waals surface area contributed by atoms with Gasteiger partial charge in [0.15, 0.2) is 0 Å². The van der Waals surface area contributed by atoms with Crippen molar-refractivity contribution in [3.05, 3.63) is 35.6 Å². The van der Waals surface area contributed by atoms with E-state index in [1.165, 1.54) is 24.3 Å². The molecule has 25 heavy (non-hydrogen) atoms. The van der Waals surface area contributed by atoms with Gasteiger partial charge in [-0.1, -0.05) is 0 Å². The molecule has 1 aliphatic rings. The maximum absolute atomic E-state index is 12.8. The molecule has 1 aromatic carbocycles. The van der Waals surface area contributed by atoms with Crippen molar-refractivity contribution >= 4 is 11.8 Å². The highest BCUT2D eigenvalue weighted by molar-refractivity contribution is 5.94. The molecule has 0 unspecified atom stereocenters. The van der Waals surface area contributed by atoms with Crippen LogP contribution in [0, 0.1) is 5.82 Å². The van der Waals surface area contributed by atoms with Crippen molar-refractivity contribution in [2.45, 2.75) is 19.3 Å². The van der Waals surface area contributed by atoms with Crippen LogP contribution in [0.1, 0.15) is 29.6 Å². The maximum Gasteiger partial charge on any atom is 0.251 e. The van der Waals surface area contributed by atoms with Gasteiger partial charge in [0.05, 0.1) is 0 Å². The molecule has 6 nitrogen and oxygen atoms in total. The zero-order valence-corrected chi connectivity index (χ0v) is 14.5. The van der Waals surface area contributed by atoms with Gasteiger partial charge in [-0.15, -0.1) is 0 Å². The lowest BCUT2D eigenvalue weighted by Crippen LogP contribution is -2.44. The topological polar surface area (TPSA) is 73.5 Å². The minimum Gasteiger partial charge on any atom is -0.356 e. The van der Waals surface area contributed by atoms with Crippen molar-refractivity contribution in [3.63, 3.8) is 0 Å². The molecule has 7 heteroatoms. The first kappa shape index (κ1) is 19.3. The number of halogens is 1. The van der Waals surface area contributed by atoms with E-state index < -0.39 is 0 Å². The molecule has 0 aliphatic carbocycles. The normalized spacial score (nSPS) is 14.9. The highest BCUT2D eigenvalue weighted by atomic mass is 19.1. The van der Waals surface area contributed by atoms with Crippen molar-refractivity contribution in [2.24, 2.45) is 0 Å². The number of rotatable bonds is 9. The van der Waals surface area contributed by atoms with E-state index >= 15 is 0 Å². The first-order chi connectivity index (χ1) is 12.1. The molecule has 0 atom stereocenters. The van der Waals surface area contributed by atoms with Crippen LogP contribution in [0.5, 0.6) is 0 Å². The Bertz CT molecular complexity index is 545. The van der Waals surface area contributed by atoms with Crippen LogP contribution < -0.4 is 16.0 Å². The zero-order chi connectivity index (χ0) is 17.9. The minimum atomic E-state index is -0.370. The van der Waals surface area contributed by atoms with E-state index in [1.807, 2.05) is 0 Å². The second kappa shape index (κ2) is 10.8. The maximum atomic E-state index is 12.8. The Hall–Kier alpha value is -1.99. The minimum absolute atomic E-state index is 0.0105. The van der Waals surface area contributed by atoms with Gasteiger partial charge in [-0.25, -0.2) is 4.39 Å². The van der Waals surface area contributed by atoms with E-state index in [0.29, 0.717) is 31.5 Å². The summed E-state index contributed by atoms with van der Waals surface area (Å²) in [6.07, 6.45) is 1.92. The molecule has 0 aromatic heterocycles. The second-order valence-corrected chi connectivity index (χ2v) is 6.16. The Morgan fingerprint density at radius 1 is 1.04 bits per heavy atom. The van der Waals surface area contributed by atoms with Crippen LogP contribution in [0.25, 0.3) is 0 Å². The molecule has 1 heterocycles. The van der Waals surface area contributed by atoms with Crippen LogP contribution in [-0.2, 0) is 4.79 Å². The summed E-state index contributed by atoms with van der Waals surface area (Å²) >= 11 is 0. The number of hydrogen-bond donors (Lipinski definition) is 3. The van der Waals surface area contributed by atoms with Crippen LogP contribution in [0.2, 0.25) is 0 Å². The third-order valence-electron chi connectivity index (χ3n) is 4.16. The number of hydrogen-bond acceptors (Lipinski definition) is 4. The Morgan fingerprint density at radius 3 is 2.44 bits per heavy atom. The fraction of sp³-hybridized carbons (Fsp3) is 0.556. The van der Waals surface area contributed by atoms with E-state index in [-0.39, 0.29) is 17.6 Å². The number of nitrogens with zero attached hydrogens (tertiary/aromatic N) is 1. The quantitative estimate of drug-likeness (QED) is 0.575. The molecule has 1 saturated heterocycles. The Kier molecular flexibility index (Phi) is 8.34. The summed E-state index contributed by atoms with van der Waals surface area (Å²) in [6.45, 7) is 6.33. The van der Waals surface area contributed by atoms with E-state index in [4.69, 9.17) is 0 Å². The summed E-state index contributed by atoms with van der Waals surface area (Å²) in [5.74, 6) is -0.613. The summed E-state index contributed by atoms with van der Waals surface area (Å²) in [4.78, 5) is 26.0. The number of carbonyl (C=O) groups is 2. The largest absolute Gasteiger partial charge is 0.356 e. The molecule has 2 rings (SSSR count). The number of benzene rings is 1. The van der Waals surface area contributed by atoms with Crippen molar-refractivity contribution in [2.75, 3.05) is 45.8 Å². The zero-order valence-electron chi connectivity index (χ0n) is 14.5. The third-order valence-corrected chi connectivity index (χ3v) is 4.16. The number of amides is 2. The molecular formula is C18H27FN4O2. The van der Waals surface area contributed by atoms with E-state index in [2.05, 4.69) is 20.9 Å². The first-order valence-corrected chi connectivity index (χ1v) is 8.89. The van der Waals surface area contributed by atoms with Gasteiger partial charge in [-0.05, 0) is 43.7 Å². The van der Waals surface area contributed by atoms with Gasteiger partial charge in [-0.3, -0.25) is 9.59 Å². The lowest BCUT2D eigenvalue weighted by molar-refractivity contribution is -0.121. The van der Waals surface area contributed by atoms with Crippen LogP contribution in [0.4, 0.5) is 4.39 Å². The second-order valence-electron chi connectivity index (χ2n) is 6.16. The van der Waals surface area contributed by atoms with Crippen LogP contribution >= 0.6 is 0 Å². The van der Waals surface area contributed by atoms with E-state index in [0.717, 1.165) is 39.1 Å².